The van der Waals surface area contributed by atoms with E-state index in [9.17, 15) is 9.59 Å². The second-order valence-electron chi connectivity index (χ2n) is 8.27. The van der Waals surface area contributed by atoms with Gasteiger partial charge in [-0.15, -0.1) is 0 Å². The number of amides is 1. The molecule has 0 atom stereocenters. The molecule has 3 aromatic rings. The van der Waals surface area contributed by atoms with Gasteiger partial charge >= 0.3 is 0 Å². The third kappa shape index (κ3) is 5.21. The summed E-state index contributed by atoms with van der Waals surface area (Å²) < 4.78 is 1.46. The molecule has 0 aliphatic carbocycles. The highest BCUT2D eigenvalue weighted by molar-refractivity contribution is 6.18. The van der Waals surface area contributed by atoms with Crippen molar-refractivity contribution in [2.45, 2.75) is 26.2 Å². The van der Waals surface area contributed by atoms with E-state index >= 15 is 0 Å². The van der Waals surface area contributed by atoms with Gasteiger partial charge in [-0.25, -0.2) is 0 Å². The van der Waals surface area contributed by atoms with E-state index in [1.165, 1.54) is 16.2 Å². The van der Waals surface area contributed by atoms with E-state index in [1.54, 1.807) is 18.3 Å². The van der Waals surface area contributed by atoms with Crippen LogP contribution in [0.4, 0.5) is 0 Å². The van der Waals surface area contributed by atoms with Crippen LogP contribution < -0.4 is 5.56 Å². The molecular weight excluding hydrogens is 384 g/mol. The van der Waals surface area contributed by atoms with E-state index in [4.69, 9.17) is 0 Å². The number of rotatable bonds is 5. The van der Waals surface area contributed by atoms with E-state index in [1.807, 2.05) is 48.2 Å². The van der Waals surface area contributed by atoms with Crippen LogP contribution in [-0.4, -0.2) is 28.5 Å². The Kier molecular flexibility index (Phi) is 6.46. The summed E-state index contributed by atoms with van der Waals surface area (Å²) in [6.45, 7) is 3.45. The Bertz CT molecular complexity index is 1110. The number of aromatic nitrogens is 1. The number of pyridine rings is 1. The van der Waals surface area contributed by atoms with Crippen molar-refractivity contribution in [1.29, 1.82) is 0 Å². The summed E-state index contributed by atoms with van der Waals surface area (Å²) in [5, 5.41) is 0. The van der Waals surface area contributed by atoms with Gasteiger partial charge in [-0.1, -0.05) is 66.2 Å². The minimum absolute atomic E-state index is 0.0907. The summed E-state index contributed by atoms with van der Waals surface area (Å²) in [5.41, 5.74) is 3.61. The van der Waals surface area contributed by atoms with Gasteiger partial charge in [0.05, 0.1) is 0 Å². The Balaban J connectivity index is 1.53. The van der Waals surface area contributed by atoms with E-state index in [-0.39, 0.29) is 11.5 Å². The lowest BCUT2D eigenvalue weighted by atomic mass is 9.90. The average Bonchev–Trinajstić information content (AvgIpc) is 2.80. The Hall–Kier alpha value is -3.40. The third-order valence-corrected chi connectivity index (χ3v) is 5.95. The summed E-state index contributed by atoms with van der Waals surface area (Å²) in [6, 6.07) is 23.5. The zero-order chi connectivity index (χ0) is 21.6. The van der Waals surface area contributed by atoms with Crippen molar-refractivity contribution in [3.63, 3.8) is 0 Å². The molecule has 4 nitrogen and oxygen atoms in total. The number of nitrogens with zero attached hydrogens (tertiary/aromatic N) is 2. The molecule has 1 aliphatic heterocycles. The summed E-state index contributed by atoms with van der Waals surface area (Å²) in [4.78, 5) is 27.9. The minimum Gasteiger partial charge on any atom is -0.337 e. The number of aryl methyl sites for hydroxylation is 1. The Morgan fingerprint density at radius 3 is 2.29 bits per heavy atom. The van der Waals surface area contributed by atoms with Crippen LogP contribution in [0.3, 0.4) is 0 Å². The van der Waals surface area contributed by atoms with Gasteiger partial charge in [0.1, 0.15) is 5.70 Å². The van der Waals surface area contributed by atoms with Crippen LogP contribution in [0.1, 0.15) is 29.5 Å². The molecule has 0 bridgehead atoms. The normalized spacial score (nSPS) is 15.1. The largest absolute Gasteiger partial charge is 0.337 e. The van der Waals surface area contributed by atoms with Crippen LogP contribution in [0.25, 0.3) is 11.8 Å². The second-order valence-corrected chi connectivity index (χ2v) is 8.27. The smallest absolute Gasteiger partial charge is 0.270 e. The Morgan fingerprint density at radius 1 is 0.935 bits per heavy atom. The standard InChI is InChI=1S/C27H28N2O2/c1-21-10-12-23(13-11-21)20-25(29-16-6-5-9-26(29)30)27(31)28-17-14-24(15-18-28)19-22-7-3-2-4-8-22/h2-13,16,20,24H,14-15,17-19H2,1H3/b25-20+. The molecular formula is C27H28N2O2. The van der Waals surface area contributed by atoms with Crippen LogP contribution >= 0.6 is 0 Å². The predicted octanol–water partition coefficient (Wildman–Crippen LogP) is 4.64. The highest BCUT2D eigenvalue weighted by Gasteiger charge is 2.26. The van der Waals surface area contributed by atoms with Crippen molar-refractivity contribution in [3.8, 4) is 0 Å². The molecule has 1 fully saturated rings. The summed E-state index contributed by atoms with van der Waals surface area (Å²) >= 11 is 0. The lowest BCUT2D eigenvalue weighted by molar-refractivity contribution is -0.126. The molecule has 1 saturated heterocycles. The number of hydrogen-bond donors (Lipinski definition) is 0. The van der Waals surface area contributed by atoms with Gasteiger partial charge in [-0.05, 0) is 55.4 Å². The predicted molar refractivity (Wildman–Crippen MR) is 125 cm³/mol. The van der Waals surface area contributed by atoms with Crippen molar-refractivity contribution < 1.29 is 4.79 Å². The highest BCUT2D eigenvalue weighted by Crippen LogP contribution is 2.24. The maximum Gasteiger partial charge on any atom is 0.270 e. The number of carbonyl (C=O) groups is 1. The Labute approximate surface area is 183 Å². The minimum atomic E-state index is -0.201. The van der Waals surface area contributed by atoms with Crippen molar-refractivity contribution in [1.82, 2.24) is 9.47 Å². The number of benzene rings is 2. The molecule has 4 heteroatoms. The SMILES string of the molecule is Cc1ccc(/C=C(\C(=O)N2CCC(Cc3ccccc3)CC2)n2ccccc2=O)cc1. The quantitative estimate of drug-likeness (QED) is 0.573. The molecule has 4 rings (SSSR count). The molecule has 2 aromatic carbocycles. The maximum absolute atomic E-state index is 13.5. The van der Waals surface area contributed by atoms with E-state index in [0.29, 0.717) is 24.7 Å². The molecule has 1 aliphatic rings. The molecule has 0 unspecified atom stereocenters. The van der Waals surface area contributed by atoms with Crippen LogP contribution in [0.2, 0.25) is 0 Å². The van der Waals surface area contributed by atoms with E-state index < -0.39 is 0 Å². The first-order chi connectivity index (χ1) is 15.1. The van der Waals surface area contributed by atoms with Gasteiger partial charge in [0, 0.05) is 25.4 Å². The fourth-order valence-electron chi connectivity index (χ4n) is 4.13. The van der Waals surface area contributed by atoms with Crippen molar-refractivity contribution in [2.75, 3.05) is 13.1 Å². The maximum atomic E-state index is 13.5. The van der Waals surface area contributed by atoms with E-state index in [2.05, 4.69) is 24.3 Å². The monoisotopic (exact) mass is 412 g/mol. The molecule has 1 amide bonds. The molecule has 0 spiro atoms. The molecule has 1 aromatic heterocycles. The van der Waals surface area contributed by atoms with Crippen LogP contribution in [0.5, 0.6) is 0 Å². The van der Waals surface area contributed by atoms with Gasteiger partial charge in [0.15, 0.2) is 0 Å². The zero-order valence-corrected chi connectivity index (χ0v) is 17.9. The number of carbonyl (C=O) groups excluding carboxylic acids is 1. The van der Waals surface area contributed by atoms with Gasteiger partial charge in [-0.2, -0.15) is 0 Å². The highest BCUT2D eigenvalue weighted by atomic mass is 16.2. The molecule has 158 valence electrons. The molecule has 0 saturated carbocycles. The number of likely N-dealkylation sites (tertiary alicyclic amines) is 1. The van der Waals surface area contributed by atoms with Gasteiger partial charge < -0.3 is 4.90 Å². The Morgan fingerprint density at radius 2 is 1.61 bits per heavy atom. The first-order valence-corrected chi connectivity index (χ1v) is 10.9. The van der Waals surface area contributed by atoms with Gasteiger partial charge in [0.25, 0.3) is 11.5 Å². The number of piperidine rings is 1. The molecule has 0 radical (unpaired) electrons. The van der Waals surface area contributed by atoms with Crippen LogP contribution in [0, 0.1) is 12.8 Å². The molecule has 0 N–H and O–H groups in total. The van der Waals surface area contributed by atoms with Crippen molar-refractivity contribution >= 4 is 17.7 Å². The van der Waals surface area contributed by atoms with Crippen molar-refractivity contribution in [2.24, 2.45) is 5.92 Å². The number of hydrogen-bond acceptors (Lipinski definition) is 2. The first kappa shape index (κ1) is 20.9. The third-order valence-electron chi connectivity index (χ3n) is 5.95. The fraction of sp³-hybridized carbons (Fsp3) is 0.259. The summed E-state index contributed by atoms with van der Waals surface area (Å²) in [5.74, 6) is 0.488. The van der Waals surface area contributed by atoms with Gasteiger partial charge in [0.2, 0.25) is 0 Å². The van der Waals surface area contributed by atoms with Crippen LogP contribution in [-0.2, 0) is 11.2 Å². The molecule has 31 heavy (non-hydrogen) atoms. The lowest BCUT2D eigenvalue weighted by Gasteiger charge is -2.33. The fourth-order valence-corrected chi connectivity index (χ4v) is 4.13. The van der Waals surface area contributed by atoms with Gasteiger partial charge in [-0.3, -0.25) is 14.2 Å². The van der Waals surface area contributed by atoms with E-state index in [0.717, 1.165) is 30.4 Å². The second kappa shape index (κ2) is 9.61. The van der Waals surface area contributed by atoms with Crippen molar-refractivity contribution in [3.05, 3.63) is 106 Å². The zero-order valence-electron chi connectivity index (χ0n) is 17.9. The topological polar surface area (TPSA) is 42.3 Å². The summed E-state index contributed by atoms with van der Waals surface area (Å²) in [7, 11) is 0. The summed E-state index contributed by atoms with van der Waals surface area (Å²) in [6.07, 6.45) is 6.49. The van der Waals surface area contributed by atoms with Crippen LogP contribution in [0.15, 0.2) is 83.8 Å². The molecule has 2 heterocycles. The average molecular weight is 413 g/mol. The lowest BCUT2D eigenvalue weighted by Crippen LogP contribution is -2.41. The first-order valence-electron chi connectivity index (χ1n) is 10.9.